The fourth-order valence-electron chi connectivity index (χ4n) is 1.81. The SMILES string of the molecule is COC(=O)/C=C/[C@H](CC(C)C)NC(=O)[C@H](C)NC(=O)OC(C)(C)C. The van der Waals surface area contributed by atoms with Gasteiger partial charge in [-0.15, -0.1) is 0 Å². The summed E-state index contributed by atoms with van der Waals surface area (Å²) in [5, 5.41) is 5.27. The Labute approximate surface area is 144 Å². The van der Waals surface area contributed by atoms with E-state index in [1.54, 1.807) is 33.8 Å². The number of ether oxygens (including phenoxy) is 2. The van der Waals surface area contributed by atoms with Crippen LogP contribution in [0.5, 0.6) is 0 Å². The Kier molecular flexibility index (Phi) is 9.10. The molecular weight excluding hydrogens is 312 g/mol. The first-order valence-electron chi connectivity index (χ1n) is 8.00. The lowest BCUT2D eigenvalue weighted by atomic mass is 10.0. The third-order valence-electron chi connectivity index (χ3n) is 2.85. The molecule has 0 rings (SSSR count). The van der Waals surface area contributed by atoms with E-state index < -0.39 is 23.7 Å². The van der Waals surface area contributed by atoms with Crippen LogP contribution in [-0.4, -0.2) is 42.8 Å². The van der Waals surface area contributed by atoms with Crippen molar-refractivity contribution in [1.29, 1.82) is 0 Å². The van der Waals surface area contributed by atoms with Gasteiger partial charge in [0.25, 0.3) is 0 Å². The van der Waals surface area contributed by atoms with Gasteiger partial charge in [-0.1, -0.05) is 19.9 Å². The van der Waals surface area contributed by atoms with Crippen molar-refractivity contribution in [3.8, 4) is 0 Å². The van der Waals surface area contributed by atoms with Crippen LogP contribution in [0.2, 0.25) is 0 Å². The Bertz CT molecular complexity index is 466. The molecule has 0 aliphatic heterocycles. The Balaban J connectivity index is 4.71. The molecule has 7 nitrogen and oxygen atoms in total. The number of rotatable bonds is 7. The number of methoxy groups -OCH3 is 1. The monoisotopic (exact) mass is 342 g/mol. The number of esters is 1. The van der Waals surface area contributed by atoms with Gasteiger partial charge in [0.15, 0.2) is 0 Å². The summed E-state index contributed by atoms with van der Waals surface area (Å²) in [7, 11) is 1.29. The Morgan fingerprint density at radius 2 is 1.67 bits per heavy atom. The minimum Gasteiger partial charge on any atom is -0.466 e. The number of carbonyl (C=O) groups is 3. The van der Waals surface area contributed by atoms with Crippen molar-refractivity contribution in [3.05, 3.63) is 12.2 Å². The highest BCUT2D eigenvalue weighted by molar-refractivity contribution is 5.86. The lowest BCUT2D eigenvalue weighted by molar-refractivity contribution is -0.135. The molecule has 2 amide bonds. The number of carbonyl (C=O) groups excluding carboxylic acids is 3. The number of alkyl carbamates (subject to hydrolysis) is 1. The van der Waals surface area contributed by atoms with E-state index >= 15 is 0 Å². The van der Waals surface area contributed by atoms with Crippen molar-refractivity contribution in [3.63, 3.8) is 0 Å². The molecule has 0 aliphatic rings. The van der Waals surface area contributed by atoms with E-state index in [9.17, 15) is 14.4 Å². The molecule has 0 unspecified atom stereocenters. The van der Waals surface area contributed by atoms with Crippen molar-refractivity contribution < 1.29 is 23.9 Å². The molecule has 138 valence electrons. The van der Waals surface area contributed by atoms with Crippen LogP contribution in [0, 0.1) is 5.92 Å². The highest BCUT2D eigenvalue weighted by atomic mass is 16.6. The smallest absolute Gasteiger partial charge is 0.408 e. The van der Waals surface area contributed by atoms with Gasteiger partial charge in [-0.2, -0.15) is 0 Å². The molecule has 0 radical (unpaired) electrons. The van der Waals surface area contributed by atoms with Crippen LogP contribution in [0.4, 0.5) is 4.79 Å². The van der Waals surface area contributed by atoms with E-state index in [1.807, 2.05) is 13.8 Å². The minimum atomic E-state index is -0.763. The van der Waals surface area contributed by atoms with Crippen LogP contribution in [0.3, 0.4) is 0 Å². The zero-order valence-corrected chi connectivity index (χ0v) is 15.6. The molecule has 0 saturated carbocycles. The summed E-state index contributed by atoms with van der Waals surface area (Å²) in [6, 6.07) is -1.10. The van der Waals surface area contributed by atoms with E-state index in [0.717, 1.165) is 0 Å². The summed E-state index contributed by atoms with van der Waals surface area (Å²) < 4.78 is 9.66. The van der Waals surface area contributed by atoms with E-state index in [1.165, 1.54) is 13.2 Å². The first-order valence-corrected chi connectivity index (χ1v) is 8.00. The highest BCUT2D eigenvalue weighted by Gasteiger charge is 2.22. The average molecular weight is 342 g/mol. The quantitative estimate of drug-likeness (QED) is 0.546. The van der Waals surface area contributed by atoms with Crippen LogP contribution >= 0.6 is 0 Å². The van der Waals surface area contributed by atoms with Gasteiger partial charge >= 0.3 is 12.1 Å². The maximum absolute atomic E-state index is 12.2. The zero-order valence-electron chi connectivity index (χ0n) is 15.6. The van der Waals surface area contributed by atoms with Gasteiger partial charge in [-0.3, -0.25) is 4.79 Å². The summed E-state index contributed by atoms with van der Waals surface area (Å²) in [5.74, 6) is -0.536. The summed E-state index contributed by atoms with van der Waals surface area (Å²) in [4.78, 5) is 35.1. The third kappa shape index (κ3) is 10.6. The van der Waals surface area contributed by atoms with Crippen LogP contribution in [0.1, 0.15) is 48.0 Å². The second kappa shape index (κ2) is 9.95. The number of hydrogen-bond acceptors (Lipinski definition) is 5. The number of amides is 2. The van der Waals surface area contributed by atoms with Crippen molar-refractivity contribution in [1.82, 2.24) is 10.6 Å². The molecule has 0 aromatic heterocycles. The summed E-state index contributed by atoms with van der Waals surface area (Å²) in [6.07, 6.45) is 2.86. The van der Waals surface area contributed by atoms with Gasteiger partial charge < -0.3 is 20.1 Å². The lowest BCUT2D eigenvalue weighted by Crippen LogP contribution is -2.49. The van der Waals surface area contributed by atoms with Gasteiger partial charge in [-0.25, -0.2) is 9.59 Å². The molecule has 0 fully saturated rings. The highest BCUT2D eigenvalue weighted by Crippen LogP contribution is 2.08. The molecule has 7 heteroatoms. The minimum absolute atomic E-state index is 0.312. The predicted molar refractivity (Wildman–Crippen MR) is 91.4 cm³/mol. The zero-order chi connectivity index (χ0) is 18.9. The molecule has 0 bridgehead atoms. The molecule has 0 heterocycles. The molecule has 0 aromatic rings. The van der Waals surface area contributed by atoms with E-state index in [-0.39, 0.29) is 11.9 Å². The molecular formula is C17H30N2O5. The summed E-state index contributed by atoms with van der Waals surface area (Å²) >= 11 is 0. The largest absolute Gasteiger partial charge is 0.466 e. The fourth-order valence-corrected chi connectivity index (χ4v) is 1.81. The van der Waals surface area contributed by atoms with Crippen molar-refractivity contribution in [2.75, 3.05) is 7.11 Å². The molecule has 2 N–H and O–H groups in total. The lowest BCUT2D eigenvalue weighted by Gasteiger charge is -2.23. The van der Waals surface area contributed by atoms with Gasteiger partial charge in [0.2, 0.25) is 5.91 Å². The van der Waals surface area contributed by atoms with E-state index in [4.69, 9.17) is 4.74 Å². The average Bonchev–Trinajstić information content (AvgIpc) is 2.41. The topological polar surface area (TPSA) is 93.7 Å². The maximum atomic E-state index is 12.2. The molecule has 0 saturated heterocycles. The molecule has 0 spiro atoms. The van der Waals surface area contributed by atoms with Gasteiger partial charge in [0.1, 0.15) is 11.6 Å². The molecule has 24 heavy (non-hydrogen) atoms. The summed E-state index contributed by atoms with van der Waals surface area (Å²) in [5.41, 5.74) is -0.635. The normalized spacial score (nSPS) is 14.2. The third-order valence-corrected chi connectivity index (χ3v) is 2.85. The fraction of sp³-hybridized carbons (Fsp3) is 0.706. The van der Waals surface area contributed by atoms with E-state index in [2.05, 4.69) is 15.4 Å². The Morgan fingerprint density at radius 1 is 1.08 bits per heavy atom. The summed E-state index contributed by atoms with van der Waals surface area (Å²) in [6.45, 7) is 10.8. The van der Waals surface area contributed by atoms with Crippen molar-refractivity contribution in [2.24, 2.45) is 5.92 Å². The Hall–Kier alpha value is -2.05. The standard InChI is InChI=1S/C17H30N2O5/c1-11(2)10-13(8-9-14(20)23-7)19-15(21)12(3)18-16(22)24-17(4,5)6/h8-9,11-13H,10H2,1-7H3,(H,18,22)(H,19,21)/b9-8+/t12-,13+/m0/s1. The van der Waals surface area contributed by atoms with Gasteiger partial charge in [0, 0.05) is 12.1 Å². The van der Waals surface area contributed by atoms with E-state index in [0.29, 0.717) is 12.3 Å². The van der Waals surface area contributed by atoms with Crippen LogP contribution in [0.15, 0.2) is 12.2 Å². The molecule has 0 aromatic carbocycles. The second-order valence-corrected chi connectivity index (χ2v) is 6.99. The van der Waals surface area contributed by atoms with Gasteiger partial charge in [-0.05, 0) is 40.0 Å². The van der Waals surface area contributed by atoms with Crippen LogP contribution in [-0.2, 0) is 19.1 Å². The van der Waals surface area contributed by atoms with Gasteiger partial charge in [0.05, 0.1) is 7.11 Å². The number of hydrogen-bond donors (Lipinski definition) is 2. The van der Waals surface area contributed by atoms with Crippen molar-refractivity contribution in [2.45, 2.75) is 65.6 Å². The first-order chi connectivity index (χ1) is 10.9. The first kappa shape index (κ1) is 21.9. The molecule has 0 aliphatic carbocycles. The van der Waals surface area contributed by atoms with Crippen LogP contribution < -0.4 is 10.6 Å². The second-order valence-electron chi connectivity index (χ2n) is 6.99. The number of nitrogens with one attached hydrogen (secondary N) is 2. The van der Waals surface area contributed by atoms with Crippen LogP contribution in [0.25, 0.3) is 0 Å². The Morgan fingerprint density at radius 3 is 2.12 bits per heavy atom. The van der Waals surface area contributed by atoms with Crippen molar-refractivity contribution >= 4 is 18.0 Å². The maximum Gasteiger partial charge on any atom is 0.408 e. The molecule has 2 atom stereocenters. The predicted octanol–water partition coefficient (Wildman–Crippen LogP) is 2.16.